The highest BCUT2D eigenvalue weighted by molar-refractivity contribution is 9.12. The van der Waals surface area contributed by atoms with Crippen LogP contribution in [0, 0.1) is 0 Å². The number of thiophene rings is 1. The fraction of sp³-hybridized carbons (Fsp3) is 0.444. The Labute approximate surface area is 126 Å². The number of hydrogen-bond donors (Lipinski definition) is 1. The minimum absolute atomic E-state index is 0.0473. The van der Waals surface area contributed by atoms with Crippen LogP contribution in [0.2, 0.25) is 0 Å². The summed E-state index contributed by atoms with van der Waals surface area (Å²) < 4.78 is 26.8. The van der Waals surface area contributed by atoms with E-state index in [-0.39, 0.29) is 24.3 Å². The molecule has 0 aliphatic heterocycles. The third-order valence-corrected chi connectivity index (χ3v) is 6.79. The van der Waals surface area contributed by atoms with Crippen molar-refractivity contribution in [3.05, 3.63) is 13.6 Å². The number of aliphatic carboxylic acids is 1. The average Bonchev–Trinajstić information content (AvgIpc) is 2.57. The van der Waals surface area contributed by atoms with Crippen molar-refractivity contribution in [3.8, 4) is 0 Å². The molecule has 1 aromatic heterocycles. The molecule has 0 spiro atoms. The summed E-state index contributed by atoms with van der Waals surface area (Å²) in [6.45, 7) is 0.175. The molecule has 0 unspecified atom stereocenters. The molecular weight excluding hydrogens is 410 g/mol. The van der Waals surface area contributed by atoms with Gasteiger partial charge in [0.15, 0.2) is 0 Å². The molecule has 0 aliphatic carbocycles. The quantitative estimate of drug-likeness (QED) is 0.767. The number of carboxylic acids is 1. The van der Waals surface area contributed by atoms with Gasteiger partial charge in [0, 0.05) is 20.0 Å². The first kappa shape index (κ1) is 16.1. The minimum Gasteiger partial charge on any atom is -0.481 e. The standard InChI is InChI=1S/C9H11Br2NO4S2/c1-12(4-2-3-8(13)14)18(15,16)6-5-7(10)17-9(6)11/h5H,2-4H2,1H3,(H,13,14). The smallest absolute Gasteiger partial charge is 0.303 e. The fourth-order valence-corrected chi connectivity index (χ4v) is 6.21. The molecule has 1 N–H and O–H groups in total. The third-order valence-electron chi connectivity index (χ3n) is 2.18. The van der Waals surface area contributed by atoms with Crippen molar-refractivity contribution in [2.75, 3.05) is 13.6 Å². The first-order valence-electron chi connectivity index (χ1n) is 4.88. The molecule has 0 fully saturated rings. The summed E-state index contributed by atoms with van der Waals surface area (Å²) in [7, 11) is -2.13. The molecule has 0 saturated heterocycles. The van der Waals surface area contributed by atoms with Gasteiger partial charge in [-0.05, 0) is 44.3 Å². The molecule has 0 atom stereocenters. The van der Waals surface area contributed by atoms with Crippen LogP contribution < -0.4 is 0 Å². The maximum absolute atomic E-state index is 12.2. The van der Waals surface area contributed by atoms with Crippen LogP contribution in [-0.4, -0.2) is 37.4 Å². The lowest BCUT2D eigenvalue weighted by Crippen LogP contribution is -2.28. The largest absolute Gasteiger partial charge is 0.481 e. The molecule has 1 aromatic rings. The van der Waals surface area contributed by atoms with Gasteiger partial charge in [0.1, 0.15) is 4.90 Å². The van der Waals surface area contributed by atoms with Crippen LogP contribution in [0.25, 0.3) is 0 Å². The second-order valence-electron chi connectivity index (χ2n) is 3.51. The van der Waals surface area contributed by atoms with E-state index >= 15 is 0 Å². The maximum Gasteiger partial charge on any atom is 0.303 e. The molecular formula is C9H11Br2NO4S2. The SMILES string of the molecule is CN(CCCC(=O)O)S(=O)(=O)c1cc(Br)sc1Br. The van der Waals surface area contributed by atoms with Gasteiger partial charge < -0.3 is 5.11 Å². The summed E-state index contributed by atoms with van der Waals surface area (Å²) >= 11 is 7.70. The Kier molecular flexibility index (Phi) is 5.78. The van der Waals surface area contributed by atoms with E-state index in [9.17, 15) is 13.2 Å². The van der Waals surface area contributed by atoms with E-state index in [1.54, 1.807) is 0 Å². The molecule has 18 heavy (non-hydrogen) atoms. The number of nitrogens with zero attached hydrogens (tertiary/aromatic N) is 1. The molecule has 0 saturated carbocycles. The number of carboxylic acid groups (broad SMARTS) is 1. The summed E-state index contributed by atoms with van der Waals surface area (Å²) in [4.78, 5) is 10.6. The fourth-order valence-electron chi connectivity index (χ4n) is 1.24. The van der Waals surface area contributed by atoms with Crippen molar-refractivity contribution in [1.29, 1.82) is 0 Å². The van der Waals surface area contributed by atoms with Crippen molar-refractivity contribution in [1.82, 2.24) is 4.31 Å². The zero-order valence-electron chi connectivity index (χ0n) is 9.39. The van der Waals surface area contributed by atoms with Crippen molar-refractivity contribution < 1.29 is 18.3 Å². The number of rotatable bonds is 6. The summed E-state index contributed by atoms with van der Waals surface area (Å²) in [5.74, 6) is -0.930. The van der Waals surface area contributed by atoms with Gasteiger partial charge in [0.25, 0.3) is 0 Å². The molecule has 0 aliphatic rings. The van der Waals surface area contributed by atoms with E-state index < -0.39 is 16.0 Å². The second kappa shape index (κ2) is 6.47. The average molecular weight is 421 g/mol. The van der Waals surface area contributed by atoms with Gasteiger partial charge >= 0.3 is 5.97 Å². The predicted molar refractivity (Wildman–Crippen MR) is 76.4 cm³/mol. The Morgan fingerprint density at radius 1 is 1.50 bits per heavy atom. The van der Waals surface area contributed by atoms with Crippen molar-refractivity contribution in [2.45, 2.75) is 17.7 Å². The lowest BCUT2D eigenvalue weighted by molar-refractivity contribution is -0.137. The van der Waals surface area contributed by atoms with Crippen LogP contribution >= 0.6 is 43.2 Å². The van der Waals surface area contributed by atoms with Gasteiger partial charge in [-0.2, -0.15) is 0 Å². The minimum atomic E-state index is -3.57. The lowest BCUT2D eigenvalue weighted by atomic mass is 10.3. The Balaban J connectivity index is 2.80. The third kappa shape index (κ3) is 4.02. The number of sulfonamides is 1. The highest BCUT2D eigenvalue weighted by Crippen LogP contribution is 2.35. The van der Waals surface area contributed by atoms with Crippen molar-refractivity contribution >= 4 is 59.2 Å². The zero-order valence-corrected chi connectivity index (χ0v) is 14.2. The van der Waals surface area contributed by atoms with E-state index in [4.69, 9.17) is 5.11 Å². The predicted octanol–water partition coefficient (Wildman–Crippen LogP) is 2.76. The first-order chi connectivity index (χ1) is 8.25. The normalized spacial score (nSPS) is 12.0. The number of halogens is 2. The monoisotopic (exact) mass is 419 g/mol. The van der Waals surface area contributed by atoms with Gasteiger partial charge in [-0.25, -0.2) is 12.7 Å². The molecule has 0 aromatic carbocycles. The summed E-state index contributed by atoms with van der Waals surface area (Å²) in [6, 6.07) is 1.53. The van der Waals surface area contributed by atoms with E-state index in [2.05, 4.69) is 31.9 Å². The van der Waals surface area contributed by atoms with E-state index in [0.717, 1.165) is 4.31 Å². The van der Waals surface area contributed by atoms with E-state index in [0.29, 0.717) is 7.57 Å². The first-order valence-corrected chi connectivity index (χ1v) is 8.72. The molecule has 1 rings (SSSR count). The van der Waals surface area contributed by atoms with Crippen LogP contribution in [0.1, 0.15) is 12.8 Å². The molecule has 5 nitrogen and oxygen atoms in total. The van der Waals surface area contributed by atoms with Crippen molar-refractivity contribution in [3.63, 3.8) is 0 Å². The van der Waals surface area contributed by atoms with Gasteiger partial charge in [-0.1, -0.05) is 0 Å². The van der Waals surface area contributed by atoms with Gasteiger partial charge in [0.05, 0.1) is 7.57 Å². The van der Waals surface area contributed by atoms with Crippen LogP contribution in [0.5, 0.6) is 0 Å². The Hall–Kier alpha value is 0.0400. The topological polar surface area (TPSA) is 74.7 Å². The summed E-state index contributed by atoms with van der Waals surface area (Å²) in [5.41, 5.74) is 0. The lowest BCUT2D eigenvalue weighted by Gasteiger charge is -2.16. The number of hydrogen-bond acceptors (Lipinski definition) is 4. The zero-order chi connectivity index (χ0) is 13.9. The highest BCUT2D eigenvalue weighted by atomic mass is 79.9. The molecule has 0 amide bonds. The van der Waals surface area contributed by atoms with Crippen LogP contribution in [0.3, 0.4) is 0 Å². The molecule has 102 valence electrons. The van der Waals surface area contributed by atoms with Crippen LogP contribution in [-0.2, 0) is 14.8 Å². The van der Waals surface area contributed by atoms with E-state index in [1.807, 2.05) is 0 Å². The second-order valence-corrected chi connectivity index (χ2v) is 9.27. The van der Waals surface area contributed by atoms with Gasteiger partial charge in [-0.15, -0.1) is 11.3 Å². The van der Waals surface area contributed by atoms with E-state index in [1.165, 1.54) is 24.5 Å². The van der Waals surface area contributed by atoms with Crippen LogP contribution in [0.15, 0.2) is 18.5 Å². The summed E-state index contributed by atoms with van der Waals surface area (Å²) in [6.07, 6.45) is 0.238. The van der Waals surface area contributed by atoms with Gasteiger partial charge in [-0.3, -0.25) is 4.79 Å². The Bertz CT molecular complexity index is 541. The van der Waals surface area contributed by atoms with Crippen molar-refractivity contribution in [2.24, 2.45) is 0 Å². The highest BCUT2D eigenvalue weighted by Gasteiger charge is 2.25. The molecule has 0 radical (unpaired) electrons. The molecule has 9 heteroatoms. The molecule has 1 heterocycles. The maximum atomic E-state index is 12.2. The molecule has 0 bridgehead atoms. The number of carbonyl (C=O) groups is 1. The van der Waals surface area contributed by atoms with Crippen LogP contribution in [0.4, 0.5) is 0 Å². The Morgan fingerprint density at radius 2 is 2.11 bits per heavy atom. The van der Waals surface area contributed by atoms with Gasteiger partial charge in [0.2, 0.25) is 10.0 Å². The summed E-state index contributed by atoms with van der Waals surface area (Å²) in [5, 5.41) is 8.51. The Morgan fingerprint density at radius 3 is 2.56 bits per heavy atom.